The van der Waals surface area contributed by atoms with Gasteiger partial charge >= 0.3 is 11.9 Å². The van der Waals surface area contributed by atoms with Crippen molar-refractivity contribution in [1.82, 2.24) is 0 Å². The minimum absolute atomic E-state index is 0.179. The first-order valence-corrected chi connectivity index (χ1v) is 9.44. The Morgan fingerprint density at radius 1 is 1.00 bits per heavy atom. The first-order chi connectivity index (χ1) is 14.3. The summed E-state index contributed by atoms with van der Waals surface area (Å²) in [4.78, 5) is 24.7. The molecule has 0 unspecified atom stereocenters. The third kappa shape index (κ3) is 5.41. The highest BCUT2D eigenvalue weighted by Gasteiger charge is 2.47. The van der Waals surface area contributed by atoms with E-state index in [-0.39, 0.29) is 18.6 Å². The van der Waals surface area contributed by atoms with Crippen LogP contribution in [0, 0.1) is 0 Å². The molecule has 30 heavy (non-hydrogen) atoms. The number of rotatable bonds is 7. The van der Waals surface area contributed by atoms with Crippen LogP contribution in [0.25, 0.3) is 0 Å². The SMILES string of the molecule is COc1ccc(C(=O)OC[C@@H]2O[C@](O)(Cl)C[C@H]2OC(=O)c2ccc(OC)cc2)cc1. The zero-order chi connectivity index (χ0) is 21.7. The number of aliphatic hydroxyl groups is 1. The number of halogens is 1. The molecule has 2 aromatic rings. The Hall–Kier alpha value is -2.81. The highest BCUT2D eigenvalue weighted by Crippen LogP contribution is 2.34. The van der Waals surface area contributed by atoms with Crippen LogP contribution in [0.15, 0.2) is 48.5 Å². The monoisotopic (exact) mass is 436 g/mol. The molecule has 1 N–H and O–H groups in total. The first-order valence-electron chi connectivity index (χ1n) is 9.06. The van der Waals surface area contributed by atoms with Crippen LogP contribution >= 0.6 is 11.6 Å². The molecule has 9 heteroatoms. The topological polar surface area (TPSA) is 101 Å². The number of ether oxygens (including phenoxy) is 5. The van der Waals surface area contributed by atoms with Gasteiger partial charge in [0.25, 0.3) is 0 Å². The number of alkyl halides is 1. The van der Waals surface area contributed by atoms with E-state index in [1.165, 1.54) is 14.2 Å². The standard InChI is InChI=1S/C21H21ClO8/c1-26-15-7-3-13(4-8-15)19(23)28-12-18-17(11-21(22,25)30-18)29-20(24)14-5-9-16(27-2)10-6-14/h3-10,17-18,25H,11-12H2,1-2H3/t17-,18+,21+/m1/s1. The molecule has 2 aromatic carbocycles. The van der Waals surface area contributed by atoms with Crippen molar-refractivity contribution in [3.05, 3.63) is 59.7 Å². The Labute approximate surface area is 178 Å². The summed E-state index contributed by atoms with van der Waals surface area (Å²) in [5, 5.41) is 7.98. The van der Waals surface area contributed by atoms with E-state index < -0.39 is 29.4 Å². The van der Waals surface area contributed by atoms with Gasteiger partial charge in [-0.25, -0.2) is 9.59 Å². The van der Waals surface area contributed by atoms with Gasteiger partial charge in [-0.15, -0.1) is 0 Å². The van der Waals surface area contributed by atoms with Crippen molar-refractivity contribution in [2.45, 2.75) is 23.9 Å². The van der Waals surface area contributed by atoms with Gasteiger partial charge in [0.1, 0.15) is 30.3 Å². The first kappa shape index (κ1) is 21.9. The fourth-order valence-electron chi connectivity index (χ4n) is 2.90. The Balaban J connectivity index is 1.61. The number of carbonyl (C=O) groups excluding carboxylic acids is 2. The molecule has 0 saturated carbocycles. The largest absolute Gasteiger partial charge is 0.497 e. The maximum absolute atomic E-state index is 12.4. The van der Waals surface area contributed by atoms with E-state index in [0.29, 0.717) is 17.1 Å². The van der Waals surface area contributed by atoms with Crippen LogP contribution in [0.1, 0.15) is 27.1 Å². The zero-order valence-corrected chi connectivity index (χ0v) is 17.1. The van der Waals surface area contributed by atoms with E-state index in [0.717, 1.165) is 0 Å². The Kier molecular flexibility index (Phi) is 6.81. The quantitative estimate of drug-likeness (QED) is 0.522. The molecule has 0 amide bonds. The van der Waals surface area contributed by atoms with Crippen LogP contribution in [0.4, 0.5) is 0 Å². The van der Waals surface area contributed by atoms with Crippen molar-refractivity contribution in [3.8, 4) is 11.5 Å². The minimum Gasteiger partial charge on any atom is -0.497 e. The number of benzene rings is 2. The van der Waals surface area contributed by atoms with Crippen LogP contribution in [-0.2, 0) is 14.2 Å². The molecule has 0 aromatic heterocycles. The summed E-state index contributed by atoms with van der Waals surface area (Å²) >= 11 is 5.86. The van der Waals surface area contributed by atoms with Crippen molar-refractivity contribution >= 4 is 23.5 Å². The zero-order valence-electron chi connectivity index (χ0n) is 16.4. The molecule has 0 bridgehead atoms. The van der Waals surface area contributed by atoms with E-state index in [2.05, 4.69) is 0 Å². The molecule has 3 rings (SSSR count). The summed E-state index contributed by atoms with van der Waals surface area (Å²) in [7, 11) is 3.04. The average Bonchev–Trinajstić information content (AvgIpc) is 3.05. The number of methoxy groups -OCH3 is 2. The molecule has 1 saturated heterocycles. The molecule has 8 nitrogen and oxygen atoms in total. The van der Waals surface area contributed by atoms with Crippen molar-refractivity contribution in [1.29, 1.82) is 0 Å². The van der Waals surface area contributed by atoms with Gasteiger partial charge in [0.15, 0.2) is 0 Å². The predicted octanol–water partition coefficient (Wildman–Crippen LogP) is 2.76. The maximum Gasteiger partial charge on any atom is 0.338 e. The molecule has 1 aliphatic rings. The van der Waals surface area contributed by atoms with Gasteiger partial charge in [-0.2, -0.15) is 0 Å². The molecule has 1 heterocycles. The number of esters is 2. The van der Waals surface area contributed by atoms with Gasteiger partial charge in [0.05, 0.1) is 31.8 Å². The number of hydrogen-bond acceptors (Lipinski definition) is 8. The lowest BCUT2D eigenvalue weighted by Crippen LogP contribution is -2.32. The van der Waals surface area contributed by atoms with Gasteiger partial charge in [-0.05, 0) is 48.5 Å². The second-order valence-corrected chi connectivity index (χ2v) is 7.14. The summed E-state index contributed by atoms with van der Waals surface area (Å²) in [6.45, 7) is -0.263. The van der Waals surface area contributed by atoms with Crippen molar-refractivity contribution in [2.24, 2.45) is 0 Å². The lowest BCUT2D eigenvalue weighted by atomic mass is 10.1. The van der Waals surface area contributed by atoms with Gasteiger partial charge in [0, 0.05) is 0 Å². The highest BCUT2D eigenvalue weighted by atomic mass is 35.5. The minimum atomic E-state index is -2.03. The lowest BCUT2D eigenvalue weighted by Gasteiger charge is -2.19. The fourth-order valence-corrected chi connectivity index (χ4v) is 3.16. The molecule has 160 valence electrons. The van der Waals surface area contributed by atoms with Crippen LogP contribution in [-0.4, -0.2) is 55.3 Å². The Morgan fingerprint density at radius 2 is 1.50 bits per heavy atom. The third-order valence-corrected chi connectivity index (χ3v) is 4.73. The number of carbonyl (C=O) groups is 2. The molecular formula is C21H21ClO8. The van der Waals surface area contributed by atoms with Gasteiger partial charge < -0.3 is 28.8 Å². The van der Waals surface area contributed by atoms with Crippen LogP contribution in [0.3, 0.4) is 0 Å². The summed E-state index contributed by atoms with van der Waals surface area (Å²) < 4.78 is 26.1. The Morgan fingerprint density at radius 3 is 2.00 bits per heavy atom. The highest BCUT2D eigenvalue weighted by molar-refractivity contribution is 6.21. The molecule has 0 spiro atoms. The summed E-state index contributed by atoms with van der Waals surface area (Å²) in [5.41, 5.74) is 0.594. The molecule has 3 atom stereocenters. The number of hydrogen-bond donors (Lipinski definition) is 1. The van der Waals surface area contributed by atoms with Crippen LogP contribution < -0.4 is 9.47 Å². The summed E-state index contributed by atoms with van der Waals surface area (Å²) in [6.07, 6.45) is -2.02. The van der Waals surface area contributed by atoms with E-state index in [1.54, 1.807) is 48.5 Å². The van der Waals surface area contributed by atoms with Crippen molar-refractivity contribution < 1.29 is 38.4 Å². The maximum atomic E-state index is 12.4. The van der Waals surface area contributed by atoms with Gasteiger partial charge in [0.2, 0.25) is 5.25 Å². The normalized spacial score (nSPS) is 22.9. The van der Waals surface area contributed by atoms with Crippen LogP contribution in [0.2, 0.25) is 0 Å². The molecule has 1 aliphatic heterocycles. The summed E-state index contributed by atoms with van der Waals surface area (Å²) in [6, 6.07) is 12.7. The predicted molar refractivity (Wildman–Crippen MR) is 106 cm³/mol. The van der Waals surface area contributed by atoms with Crippen molar-refractivity contribution in [3.63, 3.8) is 0 Å². The van der Waals surface area contributed by atoms with E-state index >= 15 is 0 Å². The molecule has 1 fully saturated rings. The third-order valence-electron chi connectivity index (χ3n) is 4.49. The van der Waals surface area contributed by atoms with Crippen molar-refractivity contribution in [2.75, 3.05) is 20.8 Å². The van der Waals surface area contributed by atoms with Crippen LogP contribution in [0.5, 0.6) is 11.5 Å². The molecule has 0 radical (unpaired) electrons. The van der Waals surface area contributed by atoms with Gasteiger partial charge in [-0.1, -0.05) is 11.6 Å². The van der Waals surface area contributed by atoms with Gasteiger partial charge in [-0.3, -0.25) is 0 Å². The average molecular weight is 437 g/mol. The fraction of sp³-hybridized carbons (Fsp3) is 0.333. The van der Waals surface area contributed by atoms with E-state index in [4.69, 9.17) is 35.3 Å². The molecular weight excluding hydrogens is 416 g/mol. The lowest BCUT2D eigenvalue weighted by molar-refractivity contribution is -0.140. The van der Waals surface area contributed by atoms with E-state index in [9.17, 15) is 14.7 Å². The smallest absolute Gasteiger partial charge is 0.338 e. The molecule has 0 aliphatic carbocycles. The summed E-state index contributed by atoms with van der Waals surface area (Å²) in [5.74, 6) is -0.0452. The van der Waals surface area contributed by atoms with E-state index in [1.807, 2.05) is 0 Å². The second kappa shape index (κ2) is 9.34. The second-order valence-electron chi connectivity index (χ2n) is 6.55. The Bertz CT molecular complexity index is 879.